The van der Waals surface area contributed by atoms with E-state index in [9.17, 15) is 23.1 Å². The molecule has 0 spiro atoms. The van der Waals surface area contributed by atoms with Crippen LogP contribution in [-0.4, -0.2) is 21.0 Å². The lowest BCUT2D eigenvalue weighted by atomic mass is 10.1. The van der Waals surface area contributed by atoms with Gasteiger partial charge in [0, 0.05) is 18.4 Å². The highest BCUT2D eigenvalue weighted by Gasteiger charge is 2.35. The van der Waals surface area contributed by atoms with Crippen LogP contribution < -0.4 is 10.6 Å². The lowest BCUT2D eigenvalue weighted by Crippen LogP contribution is -2.15. The SMILES string of the molecule is O=C(O)c1ccccc1CNc1nc(Nc2ccc(Cl)c(Cl)c2)ncc1C(F)(F)F. The van der Waals surface area contributed by atoms with E-state index in [-0.39, 0.29) is 23.1 Å². The van der Waals surface area contributed by atoms with Crippen LogP contribution in [-0.2, 0) is 12.7 Å². The minimum absolute atomic E-state index is 0.0261. The Morgan fingerprint density at radius 1 is 1.10 bits per heavy atom. The molecule has 0 aliphatic rings. The zero-order chi connectivity index (χ0) is 21.9. The summed E-state index contributed by atoms with van der Waals surface area (Å²) in [6.07, 6.45) is -4.07. The van der Waals surface area contributed by atoms with E-state index in [2.05, 4.69) is 20.6 Å². The quantitative estimate of drug-likeness (QED) is 0.430. The maximum atomic E-state index is 13.4. The summed E-state index contributed by atoms with van der Waals surface area (Å²) >= 11 is 11.8. The molecule has 0 aliphatic carbocycles. The minimum atomic E-state index is -4.71. The molecule has 1 aromatic heterocycles. The highest BCUT2D eigenvalue weighted by atomic mass is 35.5. The Balaban J connectivity index is 1.90. The molecule has 0 saturated heterocycles. The summed E-state index contributed by atoms with van der Waals surface area (Å²) in [6.45, 7) is -0.186. The number of benzene rings is 2. The van der Waals surface area contributed by atoms with Gasteiger partial charge < -0.3 is 15.7 Å². The molecule has 0 radical (unpaired) electrons. The predicted molar refractivity (Wildman–Crippen MR) is 108 cm³/mol. The number of hydrogen-bond donors (Lipinski definition) is 3. The molecule has 3 rings (SSSR count). The number of carbonyl (C=O) groups is 1. The van der Waals surface area contributed by atoms with E-state index in [4.69, 9.17) is 23.2 Å². The van der Waals surface area contributed by atoms with Crippen molar-refractivity contribution in [3.05, 3.63) is 75.4 Å². The third kappa shape index (κ3) is 5.11. The molecule has 1 heterocycles. The first-order valence-corrected chi connectivity index (χ1v) is 9.12. The number of carboxylic acid groups (broad SMARTS) is 1. The summed E-state index contributed by atoms with van der Waals surface area (Å²) in [7, 11) is 0. The highest BCUT2D eigenvalue weighted by Crippen LogP contribution is 2.34. The number of rotatable bonds is 6. The summed E-state index contributed by atoms with van der Waals surface area (Å²) in [5.74, 6) is -1.80. The second-order valence-corrected chi connectivity index (χ2v) is 6.84. The number of halogens is 5. The summed E-state index contributed by atoms with van der Waals surface area (Å²) in [5, 5.41) is 15.1. The van der Waals surface area contributed by atoms with Crippen molar-refractivity contribution in [2.24, 2.45) is 0 Å². The number of nitrogens with zero attached hydrogens (tertiary/aromatic N) is 2. The molecule has 11 heteroatoms. The van der Waals surface area contributed by atoms with Crippen molar-refractivity contribution in [3.63, 3.8) is 0 Å². The Hall–Kier alpha value is -3.04. The topological polar surface area (TPSA) is 87.1 Å². The minimum Gasteiger partial charge on any atom is -0.478 e. The van der Waals surface area contributed by atoms with E-state index in [1.807, 2.05) is 0 Å². The van der Waals surface area contributed by atoms with E-state index in [0.29, 0.717) is 22.5 Å². The van der Waals surface area contributed by atoms with Crippen LogP contribution in [0.2, 0.25) is 10.0 Å². The molecular weight excluding hydrogens is 444 g/mol. The molecule has 0 amide bonds. The molecule has 0 unspecified atom stereocenters. The van der Waals surface area contributed by atoms with Crippen LogP contribution in [0.4, 0.5) is 30.6 Å². The van der Waals surface area contributed by atoms with Gasteiger partial charge in [-0.1, -0.05) is 41.4 Å². The molecule has 6 nitrogen and oxygen atoms in total. The maximum Gasteiger partial charge on any atom is 0.421 e. The van der Waals surface area contributed by atoms with Gasteiger partial charge in [0.25, 0.3) is 0 Å². The van der Waals surface area contributed by atoms with Crippen molar-refractivity contribution in [2.45, 2.75) is 12.7 Å². The third-order valence-electron chi connectivity index (χ3n) is 3.96. The van der Waals surface area contributed by atoms with Gasteiger partial charge in [0.15, 0.2) is 0 Å². The largest absolute Gasteiger partial charge is 0.478 e. The van der Waals surface area contributed by atoms with E-state index in [0.717, 1.165) is 0 Å². The van der Waals surface area contributed by atoms with E-state index in [1.165, 1.54) is 30.3 Å². The lowest BCUT2D eigenvalue weighted by molar-refractivity contribution is -0.137. The molecule has 0 aliphatic heterocycles. The van der Waals surface area contributed by atoms with Crippen molar-refractivity contribution in [3.8, 4) is 0 Å². The van der Waals surface area contributed by atoms with Gasteiger partial charge in [-0.3, -0.25) is 0 Å². The Morgan fingerprint density at radius 3 is 2.50 bits per heavy atom. The van der Waals surface area contributed by atoms with E-state index < -0.39 is 23.5 Å². The zero-order valence-electron chi connectivity index (χ0n) is 15.0. The molecule has 0 bridgehead atoms. The summed E-state index contributed by atoms with van der Waals surface area (Å²) in [6, 6.07) is 10.5. The number of aromatic nitrogens is 2. The first-order valence-electron chi connectivity index (χ1n) is 8.36. The second kappa shape index (κ2) is 8.76. The van der Waals surface area contributed by atoms with E-state index in [1.54, 1.807) is 12.1 Å². The molecule has 0 fully saturated rings. The first-order chi connectivity index (χ1) is 14.1. The molecule has 2 aromatic carbocycles. The van der Waals surface area contributed by atoms with Crippen molar-refractivity contribution < 1.29 is 23.1 Å². The summed E-state index contributed by atoms with van der Waals surface area (Å²) < 4.78 is 40.1. The third-order valence-corrected chi connectivity index (χ3v) is 4.70. The number of nitrogens with one attached hydrogen (secondary N) is 2. The summed E-state index contributed by atoms with van der Waals surface area (Å²) in [4.78, 5) is 18.9. The fourth-order valence-corrected chi connectivity index (χ4v) is 2.85. The molecule has 3 N–H and O–H groups in total. The van der Waals surface area contributed by atoms with Crippen LogP contribution in [0, 0.1) is 0 Å². The van der Waals surface area contributed by atoms with Crippen molar-refractivity contribution >= 4 is 46.6 Å². The maximum absolute atomic E-state index is 13.4. The number of alkyl halides is 3. The van der Waals surface area contributed by atoms with Gasteiger partial charge in [0.1, 0.15) is 11.4 Å². The normalized spacial score (nSPS) is 11.2. The Kier molecular flexibility index (Phi) is 6.33. The number of carboxylic acids is 1. The smallest absolute Gasteiger partial charge is 0.421 e. The van der Waals surface area contributed by atoms with Crippen LogP contribution >= 0.6 is 23.2 Å². The Bertz CT molecular complexity index is 1090. The highest BCUT2D eigenvalue weighted by molar-refractivity contribution is 6.42. The number of aromatic carboxylic acids is 1. The van der Waals surface area contributed by atoms with Crippen LogP contribution in [0.3, 0.4) is 0 Å². The van der Waals surface area contributed by atoms with E-state index >= 15 is 0 Å². The van der Waals surface area contributed by atoms with Crippen molar-refractivity contribution in [1.29, 1.82) is 0 Å². The van der Waals surface area contributed by atoms with Gasteiger partial charge in [-0.2, -0.15) is 18.2 Å². The number of hydrogen-bond acceptors (Lipinski definition) is 5. The molecule has 30 heavy (non-hydrogen) atoms. The standard InChI is InChI=1S/C19H13Cl2F3N4O2/c20-14-6-5-11(7-15(14)21)27-18-26-9-13(19(22,23)24)16(28-18)25-8-10-3-1-2-4-12(10)17(29)30/h1-7,9H,8H2,(H,29,30)(H2,25,26,27,28). The van der Waals surface area contributed by atoms with Gasteiger partial charge in [0.2, 0.25) is 5.95 Å². The molecular formula is C19H13Cl2F3N4O2. The Morgan fingerprint density at radius 2 is 1.83 bits per heavy atom. The Labute approximate surface area is 178 Å². The molecule has 0 saturated carbocycles. The van der Waals surface area contributed by atoms with Gasteiger partial charge in [-0.15, -0.1) is 0 Å². The van der Waals surface area contributed by atoms with Crippen LogP contribution in [0.25, 0.3) is 0 Å². The van der Waals surface area contributed by atoms with Crippen LogP contribution in [0.5, 0.6) is 0 Å². The molecule has 0 atom stereocenters. The average molecular weight is 457 g/mol. The van der Waals surface area contributed by atoms with Gasteiger partial charge >= 0.3 is 12.1 Å². The fourth-order valence-electron chi connectivity index (χ4n) is 2.55. The lowest BCUT2D eigenvalue weighted by Gasteiger charge is -2.15. The monoisotopic (exact) mass is 456 g/mol. The molecule has 156 valence electrons. The first kappa shape index (κ1) is 21.7. The second-order valence-electron chi connectivity index (χ2n) is 6.02. The predicted octanol–water partition coefficient (Wildman–Crippen LogP) is 5.86. The number of anilines is 3. The van der Waals surface area contributed by atoms with Crippen LogP contribution in [0.15, 0.2) is 48.7 Å². The van der Waals surface area contributed by atoms with Gasteiger partial charge in [0.05, 0.1) is 15.6 Å². The zero-order valence-corrected chi connectivity index (χ0v) is 16.5. The van der Waals surface area contributed by atoms with Gasteiger partial charge in [-0.25, -0.2) is 9.78 Å². The van der Waals surface area contributed by atoms with Gasteiger partial charge in [-0.05, 0) is 29.8 Å². The van der Waals surface area contributed by atoms with Crippen molar-refractivity contribution in [1.82, 2.24) is 9.97 Å². The average Bonchev–Trinajstić information content (AvgIpc) is 2.68. The van der Waals surface area contributed by atoms with Crippen molar-refractivity contribution in [2.75, 3.05) is 10.6 Å². The fraction of sp³-hybridized carbons (Fsp3) is 0.105. The molecule has 3 aromatic rings. The van der Waals surface area contributed by atoms with Crippen LogP contribution in [0.1, 0.15) is 21.5 Å². The summed E-state index contributed by atoms with van der Waals surface area (Å²) in [5.41, 5.74) is -0.390.